The molecule has 1 atom stereocenters. The zero-order chi connectivity index (χ0) is 7.40. The van der Waals surface area contributed by atoms with Crippen LogP contribution in [0.5, 0.6) is 0 Å². The summed E-state index contributed by atoms with van der Waals surface area (Å²) in [6.07, 6.45) is 9.00. The number of aliphatic hydroxyl groups excluding tert-OH is 1. The van der Waals surface area contributed by atoms with E-state index in [1.807, 2.05) is 18.2 Å². The Morgan fingerprint density at radius 1 is 1.60 bits per heavy atom. The molecule has 1 aliphatic rings. The van der Waals surface area contributed by atoms with Crippen molar-refractivity contribution in [3.63, 3.8) is 0 Å². The first-order valence-corrected chi connectivity index (χ1v) is 3.90. The molecule has 1 unspecified atom stereocenters. The van der Waals surface area contributed by atoms with Crippen LogP contribution in [0.4, 0.5) is 0 Å². The highest BCUT2D eigenvalue weighted by molar-refractivity contribution is 5.29. The van der Waals surface area contributed by atoms with Gasteiger partial charge in [0.05, 0.1) is 6.10 Å². The highest BCUT2D eigenvalue weighted by atomic mass is 16.3. The van der Waals surface area contributed by atoms with E-state index in [1.165, 1.54) is 18.4 Å². The van der Waals surface area contributed by atoms with E-state index in [4.69, 9.17) is 5.11 Å². The summed E-state index contributed by atoms with van der Waals surface area (Å²) in [6, 6.07) is 0. The average Bonchev–Trinajstić information content (AvgIpc) is 2.31. The Kier molecular flexibility index (Phi) is 2.69. The molecular formula is C9H14O. The number of hydrogen-bond donors (Lipinski definition) is 1. The van der Waals surface area contributed by atoms with E-state index in [2.05, 4.69) is 6.92 Å². The van der Waals surface area contributed by atoms with Gasteiger partial charge in [-0.05, 0) is 24.5 Å². The summed E-state index contributed by atoms with van der Waals surface area (Å²) < 4.78 is 0. The monoisotopic (exact) mass is 138 g/mol. The van der Waals surface area contributed by atoms with Crippen LogP contribution in [0, 0.1) is 0 Å². The van der Waals surface area contributed by atoms with E-state index in [0.717, 1.165) is 6.42 Å². The molecular weight excluding hydrogens is 124 g/mol. The molecule has 0 aromatic heterocycles. The van der Waals surface area contributed by atoms with Gasteiger partial charge in [-0.2, -0.15) is 0 Å². The molecule has 0 saturated carbocycles. The van der Waals surface area contributed by atoms with Crippen LogP contribution < -0.4 is 0 Å². The maximum absolute atomic E-state index is 9.04. The molecule has 1 heteroatoms. The molecule has 1 rings (SSSR count). The molecule has 10 heavy (non-hydrogen) atoms. The van der Waals surface area contributed by atoms with Crippen molar-refractivity contribution < 1.29 is 5.11 Å². The normalized spacial score (nSPS) is 23.4. The van der Waals surface area contributed by atoms with Crippen molar-refractivity contribution in [1.82, 2.24) is 0 Å². The molecule has 1 N–H and O–H groups in total. The third-order valence-corrected chi connectivity index (χ3v) is 1.71. The lowest BCUT2D eigenvalue weighted by Crippen LogP contribution is -1.90. The van der Waals surface area contributed by atoms with Crippen LogP contribution in [0.1, 0.15) is 26.2 Å². The van der Waals surface area contributed by atoms with E-state index in [1.54, 1.807) is 0 Å². The summed E-state index contributed by atoms with van der Waals surface area (Å²) in [6.45, 7) is 2.18. The molecule has 0 radical (unpaired) electrons. The SMILES string of the molecule is CCCCC1=CC(O)C=C1. The number of unbranched alkanes of at least 4 members (excludes halogenated alkanes) is 1. The lowest BCUT2D eigenvalue weighted by Gasteiger charge is -1.95. The Bertz CT molecular complexity index is 156. The molecule has 1 aliphatic carbocycles. The van der Waals surface area contributed by atoms with Gasteiger partial charge in [0.1, 0.15) is 0 Å². The lowest BCUT2D eigenvalue weighted by atomic mass is 10.1. The van der Waals surface area contributed by atoms with E-state index < -0.39 is 0 Å². The average molecular weight is 138 g/mol. The minimum absolute atomic E-state index is 0.313. The van der Waals surface area contributed by atoms with Gasteiger partial charge in [0.15, 0.2) is 0 Å². The van der Waals surface area contributed by atoms with Crippen molar-refractivity contribution in [2.75, 3.05) is 0 Å². The fourth-order valence-electron chi connectivity index (χ4n) is 1.10. The summed E-state index contributed by atoms with van der Waals surface area (Å²) in [5.74, 6) is 0. The Morgan fingerprint density at radius 2 is 2.40 bits per heavy atom. The number of rotatable bonds is 3. The van der Waals surface area contributed by atoms with E-state index in [0.29, 0.717) is 0 Å². The highest BCUT2D eigenvalue weighted by Crippen LogP contribution is 2.15. The Morgan fingerprint density at radius 3 is 2.90 bits per heavy atom. The van der Waals surface area contributed by atoms with Crippen molar-refractivity contribution in [1.29, 1.82) is 0 Å². The van der Waals surface area contributed by atoms with Crippen LogP contribution in [0.2, 0.25) is 0 Å². The molecule has 0 saturated heterocycles. The summed E-state index contributed by atoms with van der Waals surface area (Å²) in [5, 5.41) is 9.04. The molecule has 56 valence electrons. The largest absolute Gasteiger partial charge is 0.385 e. The fourth-order valence-corrected chi connectivity index (χ4v) is 1.10. The van der Waals surface area contributed by atoms with Gasteiger partial charge >= 0.3 is 0 Å². The van der Waals surface area contributed by atoms with Crippen molar-refractivity contribution in [3.8, 4) is 0 Å². The Labute approximate surface area is 62.1 Å². The van der Waals surface area contributed by atoms with Crippen LogP contribution in [-0.4, -0.2) is 11.2 Å². The second-order valence-corrected chi connectivity index (χ2v) is 2.69. The summed E-state index contributed by atoms with van der Waals surface area (Å²) in [4.78, 5) is 0. The van der Waals surface area contributed by atoms with Crippen molar-refractivity contribution in [2.24, 2.45) is 0 Å². The summed E-state index contributed by atoms with van der Waals surface area (Å²) >= 11 is 0. The van der Waals surface area contributed by atoms with Crippen molar-refractivity contribution in [2.45, 2.75) is 32.3 Å². The number of allylic oxidation sites excluding steroid dienone is 2. The van der Waals surface area contributed by atoms with E-state index >= 15 is 0 Å². The van der Waals surface area contributed by atoms with E-state index in [9.17, 15) is 0 Å². The van der Waals surface area contributed by atoms with Gasteiger partial charge in [-0.25, -0.2) is 0 Å². The zero-order valence-corrected chi connectivity index (χ0v) is 6.38. The first-order chi connectivity index (χ1) is 4.83. The molecule has 0 bridgehead atoms. The van der Waals surface area contributed by atoms with Gasteiger partial charge in [-0.15, -0.1) is 0 Å². The van der Waals surface area contributed by atoms with Gasteiger partial charge in [-0.1, -0.05) is 25.5 Å². The fraction of sp³-hybridized carbons (Fsp3) is 0.556. The standard InChI is InChI=1S/C9H14O/c1-2-3-4-8-5-6-9(10)7-8/h5-7,9-10H,2-4H2,1H3. The first-order valence-electron chi connectivity index (χ1n) is 3.90. The van der Waals surface area contributed by atoms with Crippen LogP contribution in [0.15, 0.2) is 23.8 Å². The van der Waals surface area contributed by atoms with Gasteiger partial charge in [0, 0.05) is 0 Å². The van der Waals surface area contributed by atoms with Gasteiger partial charge < -0.3 is 5.11 Å². The molecule has 0 fully saturated rings. The maximum atomic E-state index is 9.04. The summed E-state index contributed by atoms with van der Waals surface area (Å²) in [5.41, 5.74) is 1.29. The predicted octanol–water partition coefficient (Wildman–Crippen LogP) is 2.03. The topological polar surface area (TPSA) is 20.2 Å². The van der Waals surface area contributed by atoms with Crippen LogP contribution in [-0.2, 0) is 0 Å². The van der Waals surface area contributed by atoms with Gasteiger partial charge in [0.2, 0.25) is 0 Å². The quantitative estimate of drug-likeness (QED) is 0.632. The minimum Gasteiger partial charge on any atom is -0.385 e. The molecule has 0 aromatic carbocycles. The van der Waals surface area contributed by atoms with Gasteiger partial charge in [-0.3, -0.25) is 0 Å². The van der Waals surface area contributed by atoms with E-state index in [-0.39, 0.29) is 6.10 Å². The minimum atomic E-state index is -0.313. The Balaban J connectivity index is 2.30. The molecule has 1 nitrogen and oxygen atoms in total. The number of aliphatic hydroxyl groups is 1. The third-order valence-electron chi connectivity index (χ3n) is 1.71. The van der Waals surface area contributed by atoms with Crippen molar-refractivity contribution in [3.05, 3.63) is 23.8 Å². The molecule has 0 spiro atoms. The first kappa shape index (κ1) is 7.55. The highest BCUT2D eigenvalue weighted by Gasteiger charge is 2.03. The second kappa shape index (κ2) is 3.57. The predicted molar refractivity (Wildman–Crippen MR) is 42.8 cm³/mol. The lowest BCUT2D eigenvalue weighted by molar-refractivity contribution is 0.273. The summed E-state index contributed by atoms with van der Waals surface area (Å²) in [7, 11) is 0. The molecule has 0 aliphatic heterocycles. The van der Waals surface area contributed by atoms with Crippen molar-refractivity contribution >= 4 is 0 Å². The molecule has 0 aromatic rings. The van der Waals surface area contributed by atoms with Crippen LogP contribution >= 0.6 is 0 Å². The molecule has 0 amide bonds. The zero-order valence-electron chi connectivity index (χ0n) is 6.38. The second-order valence-electron chi connectivity index (χ2n) is 2.69. The number of hydrogen-bond acceptors (Lipinski definition) is 1. The maximum Gasteiger partial charge on any atom is 0.0911 e. The van der Waals surface area contributed by atoms with Gasteiger partial charge in [0.25, 0.3) is 0 Å². The Hall–Kier alpha value is -0.560. The van der Waals surface area contributed by atoms with Crippen LogP contribution in [0.25, 0.3) is 0 Å². The smallest absolute Gasteiger partial charge is 0.0911 e. The third kappa shape index (κ3) is 1.99. The van der Waals surface area contributed by atoms with Crippen LogP contribution in [0.3, 0.4) is 0 Å². The molecule has 0 heterocycles.